The van der Waals surface area contributed by atoms with Crippen LogP contribution in [0.4, 0.5) is 0 Å². The molecule has 7 heteroatoms. The number of nitrogens with zero attached hydrogens (tertiary/aromatic N) is 2. The SMILES string of the molecule is CCNC(=NCC1(N2CCOCC2)CCSC1)NCCc1ccccc1OC. The molecule has 0 aromatic heterocycles. The summed E-state index contributed by atoms with van der Waals surface area (Å²) in [6.07, 6.45) is 2.11. The molecule has 2 heterocycles. The molecule has 0 saturated carbocycles. The predicted octanol–water partition coefficient (Wildman–Crippen LogP) is 2.00. The second kappa shape index (κ2) is 10.9. The summed E-state index contributed by atoms with van der Waals surface area (Å²) in [4.78, 5) is 7.59. The number of aliphatic imine (C=N–C) groups is 1. The molecule has 6 nitrogen and oxygen atoms in total. The van der Waals surface area contributed by atoms with Crippen molar-refractivity contribution in [1.29, 1.82) is 0 Å². The monoisotopic (exact) mass is 406 g/mol. The molecule has 1 unspecified atom stereocenters. The number of para-hydroxylation sites is 1. The van der Waals surface area contributed by atoms with Gasteiger partial charge in [0.05, 0.1) is 32.4 Å². The second-order valence-electron chi connectivity index (χ2n) is 7.31. The fraction of sp³-hybridized carbons (Fsp3) is 0.667. The summed E-state index contributed by atoms with van der Waals surface area (Å²) < 4.78 is 11.0. The first-order valence-electron chi connectivity index (χ1n) is 10.3. The zero-order chi connectivity index (χ0) is 19.7. The van der Waals surface area contributed by atoms with Crippen LogP contribution in [0.3, 0.4) is 0 Å². The molecule has 156 valence electrons. The van der Waals surface area contributed by atoms with Crippen LogP contribution >= 0.6 is 11.8 Å². The molecule has 2 aliphatic rings. The summed E-state index contributed by atoms with van der Waals surface area (Å²) in [7, 11) is 1.72. The fourth-order valence-electron chi connectivity index (χ4n) is 3.90. The number of ether oxygens (including phenoxy) is 2. The van der Waals surface area contributed by atoms with Crippen molar-refractivity contribution in [2.45, 2.75) is 25.3 Å². The third-order valence-corrected chi connectivity index (χ3v) is 6.75. The Bertz CT molecular complexity index is 629. The molecular weight excluding hydrogens is 372 g/mol. The van der Waals surface area contributed by atoms with Gasteiger partial charge < -0.3 is 20.1 Å². The molecule has 2 saturated heterocycles. The minimum Gasteiger partial charge on any atom is -0.496 e. The Labute approximate surface area is 173 Å². The van der Waals surface area contributed by atoms with Gasteiger partial charge in [-0.15, -0.1) is 0 Å². The molecule has 0 spiro atoms. The molecule has 2 aliphatic heterocycles. The Kier molecular flexibility index (Phi) is 8.30. The summed E-state index contributed by atoms with van der Waals surface area (Å²) in [6.45, 7) is 8.36. The highest BCUT2D eigenvalue weighted by Crippen LogP contribution is 2.34. The van der Waals surface area contributed by atoms with Crippen LogP contribution in [0.15, 0.2) is 29.3 Å². The van der Waals surface area contributed by atoms with Crippen LogP contribution < -0.4 is 15.4 Å². The van der Waals surface area contributed by atoms with Gasteiger partial charge in [0, 0.05) is 31.9 Å². The summed E-state index contributed by atoms with van der Waals surface area (Å²) in [5.74, 6) is 4.24. The van der Waals surface area contributed by atoms with Crippen molar-refractivity contribution in [1.82, 2.24) is 15.5 Å². The Morgan fingerprint density at radius 3 is 2.82 bits per heavy atom. The minimum absolute atomic E-state index is 0.180. The third-order valence-electron chi connectivity index (χ3n) is 5.52. The van der Waals surface area contributed by atoms with E-state index in [4.69, 9.17) is 14.5 Å². The van der Waals surface area contributed by atoms with Gasteiger partial charge in [0.25, 0.3) is 0 Å². The third kappa shape index (κ3) is 5.55. The van der Waals surface area contributed by atoms with Gasteiger partial charge in [-0.3, -0.25) is 9.89 Å². The van der Waals surface area contributed by atoms with E-state index in [1.165, 1.54) is 17.7 Å². The number of methoxy groups -OCH3 is 1. The number of hydrogen-bond donors (Lipinski definition) is 2. The number of rotatable bonds is 8. The first kappa shape index (κ1) is 21.3. The first-order valence-corrected chi connectivity index (χ1v) is 11.5. The van der Waals surface area contributed by atoms with Crippen molar-refractivity contribution in [3.63, 3.8) is 0 Å². The van der Waals surface area contributed by atoms with Crippen LogP contribution in [0.25, 0.3) is 0 Å². The number of hydrogen-bond acceptors (Lipinski definition) is 5. The van der Waals surface area contributed by atoms with Crippen LogP contribution in [0.5, 0.6) is 5.75 Å². The molecule has 0 aliphatic carbocycles. The van der Waals surface area contributed by atoms with Crippen LogP contribution in [0, 0.1) is 0 Å². The van der Waals surface area contributed by atoms with Gasteiger partial charge in [-0.2, -0.15) is 11.8 Å². The van der Waals surface area contributed by atoms with E-state index in [0.717, 1.165) is 69.8 Å². The standard InChI is InChI=1S/C21H34N4O2S/c1-3-22-20(23-10-8-18-6-4-5-7-19(18)26-2)24-16-21(9-15-28-17-21)25-11-13-27-14-12-25/h4-7H,3,8-17H2,1-2H3,(H2,22,23,24). The summed E-state index contributed by atoms with van der Waals surface area (Å²) in [5.41, 5.74) is 1.39. The molecule has 1 atom stereocenters. The van der Waals surface area contributed by atoms with Gasteiger partial charge in [0.15, 0.2) is 5.96 Å². The largest absolute Gasteiger partial charge is 0.496 e. The van der Waals surface area contributed by atoms with E-state index in [2.05, 4.69) is 46.4 Å². The smallest absolute Gasteiger partial charge is 0.191 e. The van der Waals surface area contributed by atoms with E-state index in [-0.39, 0.29) is 5.54 Å². The lowest BCUT2D eigenvalue weighted by Crippen LogP contribution is -2.56. The Balaban J connectivity index is 1.59. The molecule has 0 bridgehead atoms. The Hall–Kier alpha value is -1.44. The van der Waals surface area contributed by atoms with E-state index in [1.54, 1.807) is 7.11 Å². The van der Waals surface area contributed by atoms with Crippen molar-refractivity contribution < 1.29 is 9.47 Å². The van der Waals surface area contributed by atoms with Crippen molar-refractivity contribution >= 4 is 17.7 Å². The number of guanidine groups is 1. The van der Waals surface area contributed by atoms with Gasteiger partial charge in [-0.25, -0.2) is 0 Å². The molecule has 28 heavy (non-hydrogen) atoms. The second-order valence-corrected chi connectivity index (χ2v) is 8.42. The summed E-state index contributed by atoms with van der Waals surface area (Å²) in [5, 5.41) is 6.90. The lowest BCUT2D eigenvalue weighted by Gasteiger charge is -2.42. The highest BCUT2D eigenvalue weighted by atomic mass is 32.2. The molecule has 0 amide bonds. The lowest BCUT2D eigenvalue weighted by atomic mass is 9.96. The maximum atomic E-state index is 5.56. The number of thioether (sulfide) groups is 1. The van der Waals surface area contributed by atoms with Crippen LogP contribution in [0.1, 0.15) is 18.9 Å². The molecule has 1 aromatic carbocycles. The number of morpholine rings is 1. The zero-order valence-electron chi connectivity index (χ0n) is 17.2. The average Bonchev–Trinajstić information content (AvgIpc) is 3.23. The van der Waals surface area contributed by atoms with E-state index in [9.17, 15) is 0 Å². The normalized spacial score (nSPS) is 23.6. The van der Waals surface area contributed by atoms with Gasteiger partial charge in [-0.05, 0) is 37.1 Å². The van der Waals surface area contributed by atoms with E-state index >= 15 is 0 Å². The van der Waals surface area contributed by atoms with Crippen molar-refractivity contribution in [3.8, 4) is 5.75 Å². The number of nitrogens with one attached hydrogen (secondary N) is 2. The van der Waals surface area contributed by atoms with Gasteiger partial charge in [0.2, 0.25) is 0 Å². The Morgan fingerprint density at radius 1 is 1.29 bits per heavy atom. The highest BCUT2D eigenvalue weighted by Gasteiger charge is 2.40. The quantitative estimate of drug-likeness (QED) is 0.509. The van der Waals surface area contributed by atoms with Gasteiger partial charge in [0.1, 0.15) is 5.75 Å². The molecular formula is C21H34N4O2S. The molecule has 2 fully saturated rings. The van der Waals surface area contributed by atoms with Crippen LogP contribution in [0.2, 0.25) is 0 Å². The molecule has 3 rings (SSSR count). The van der Waals surface area contributed by atoms with E-state index in [0.29, 0.717) is 0 Å². The summed E-state index contributed by atoms with van der Waals surface area (Å²) >= 11 is 2.05. The van der Waals surface area contributed by atoms with Gasteiger partial charge in [-0.1, -0.05) is 18.2 Å². The van der Waals surface area contributed by atoms with Crippen LogP contribution in [-0.2, 0) is 11.2 Å². The molecule has 1 aromatic rings. The first-order chi connectivity index (χ1) is 13.8. The minimum atomic E-state index is 0.180. The van der Waals surface area contributed by atoms with Crippen LogP contribution in [-0.4, -0.2) is 81.0 Å². The maximum absolute atomic E-state index is 5.56. The summed E-state index contributed by atoms with van der Waals surface area (Å²) in [6, 6.07) is 8.19. The van der Waals surface area contributed by atoms with Crippen molar-refractivity contribution in [2.75, 3.05) is 64.6 Å². The fourth-order valence-corrected chi connectivity index (χ4v) is 5.37. The highest BCUT2D eigenvalue weighted by molar-refractivity contribution is 7.99. The number of benzene rings is 1. The topological polar surface area (TPSA) is 58.1 Å². The maximum Gasteiger partial charge on any atom is 0.191 e. The average molecular weight is 407 g/mol. The zero-order valence-corrected chi connectivity index (χ0v) is 18.0. The molecule has 0 radical (unpaired) electrons. The van der Waals surface area contributed by atoms with E-state index in [1.807, 2.05) is 12.1 Å². The predicted molar refractivity (Wildman–Crippen MR) is 118 cm³/mol. The van der Waals surface area contributed by atoms with Crippen molar-refractivity contribution in [3.05, 3.63) is 29.8 Å². The lowest BCUT2D eigenvalue weighted by molar-refractivity contribution is -0.0104. The van der Waals surface area contributed by atoms with E-state index < -0.39 is 0 Å². The molecule has 2 N–H and O–H groups in total. The van der Waals surface area contributed by atoms with Crippen molar-refractivity contribution in [2.24, 2.45) is 4.99 Å². The Morgan fingerprint density at radius 2 is 2.11 bits per heavy atom. The van der Waals surface area contributed by atoms with Gasteiger partial charge >= 0.3 is 0 Å².